The SMILES string of the molecule is CC(C)(C)NCc1nnc(-c2c(F)cc(Br)cc2F)s1. The minimum atomic E-state index is -0.650. The van der Waals surface area contributed by atoms with Crippen LogP contribution in [-0.2, 0) is 6.54 Å². The van der Waals surface area contributed by atoms with Gasteiger partial charge >= 0.3 is 0 Å². The topological polar surface area (TPSA) is 37.8 Å². The highest BCUT2D eigenvalue weighted by molar-refractivity contribution is 9.10. The van der Waals surface area contributed by atoms with Gasteiger partial charge in [0.15, 0.2) is 5.01 Å². The Bertz CT molecular complexity index is 599. The van der Waals surface area contributed by atoms with Gasteiger partial charge in [0, 0.05) is 10.0 Å². The van der Waals surface area contributed by atoms with Crippen molar-refractivity contribution >= 4 is 27.3 Å². The van der Waals surface area contributed by atoms with Gasteiger partial charge in [-0.3, -0.25) is 0 Å². The zero-order chi connectivity index (χ0) is 14.9. The Balaban J connectivity index is 2.25. The summed E-state index contributed by atoms with van der Waals surface area (Å²) in [5.74, 6) is -1.30. The van der Waals surface area contributed by atoms with Crippen molar-refractivity contribution in [2.75, 3.05) is 0 Å². The Hall–Kier alpha value is -0.920. The maximum Gasteiger partial charge on any atom is 0.153 e. The standard InChI is InChI=1S/C13H14BrF2N3S/c1-13(2,3)17-6-10-18-19-12(20-10)11-8(15)4-7(14)5-9(11)16/h4-5,17H,6H2,1-3H3. The van der Waals surface area contributed by atoms with Crippen LogP contribution in [0.3, 0.4) is 0 Å². The predicted molar refractivity (Wildman–Crippen MR) is 79.6 cm³/mol. The highest BCUT2D eigenvalue weighted by atomic mass is 79.9. The number of hydrogen-bond acceptors (Lipinski definition) is 4. The second-order valence-electron chi connectivity index (χ2n) is 5.35. The van der Waals surface area contributed by atoms with Crippen molar-refractivity contribution in [3.63, 3.8) is 0 Å². The largest absolute Gasteiger partial charge is 0.306 e. The predicted octanol–water partition coefficient (Wildman–Crippen LogP) is 4.13. The van der Waals surface area contributed by atoms with Crippen LogP contribution in [0.5, 0.6) is 0 Å². The average Bonchev–Trinajstić information content (AvgIpc) is 2.72. The van der Waals surface area contributed by atoms with E-state index in [0.717, 1.165) is 0 Å². The molecule has 0 aliphatic carbocycles. The molecule has 0 bridgehead atoms. The van der Waals surface area contributed by atoms with E-state index in [1.54, 1.807) is 0 Å². The first kappa shape index (κ1) is 15.5. The van der Waals surface area contributed by atoms with Crippen LogP contribution in [0.2, 0.25) is 0 Å². The van der Waals surface area contributed by atoms with Gasteiger partial charge in [0.2, 0.25) is 0 Å². The van der Waals surface area contributed by atoms with E-state index in [-0.39, 0.29) is 16.1 Å². The fourth-order valence-electron chi connectivity index (χ4n) is 1.51. The summed E-state index contributed by atoms with van der Waals surface area (Å²) in [6.45, 7) is 6.61. The maximum atomic E-state index is 13.8. The van der Waals surface area contributed by atoms with Gasteiger partial charge in [-0.2, -0.15) is 0 Å². The molecule has 0 aliphatic rings. The number of benzene rings is 1. The summed E-state index contributed by atoms with van der Waals surface area (Å²) >= 11 is 4.23. The van der Waals surface area contributed by atoms with Gasteiger partial charge in [0.05, 0.1) is 12.1 Å². The molecule has 7 heteroatoms. The van der Waals surface area contributed by atoms with E-state index in [9.17, 15) is 8.78 Å². The molecule has 0 amide bonds. The van der Waals surface area contributed by atoms with Crippen LogP contribution in [0, 0.1) is 11.6 Å². The van der Waals surface area contributed by atoms with Crippen LogP contribution in [0.25, 0.3) is 10.6 Å². The van der Waals surface area contributed by atoms with Gasteiger partial charge in [0.25, 0.3) is 0 Å². The van der Waals surface area contributed by atoms with E-state index >= 15 is 0 Å². The first-order valence-corrected chi connectivity index (χ1v) is 7.59. The van der Waals surface area contributed by atoms with Crippen molar-refractivity contribution < 1.29 is 8.78 Å². The zero-order valence-corrected chi connectivity index (χ0v) is 13.7. The van der Waals surface area contributed by atoms with E-state index in [2.05, 4.69) is 31.4 Å². The lowest BCUT2D eigenvalue weighted by molar-refractivity contribution is 0.423. The Labute approximate surface area is 128 Å². The third-order valence-corrected chi connectivity index (χ3v) is 3.86. The van der Waals surface area contributed by atoms with E-state index in [4.69, 9.17) is 0 Å². The third-order valence-electron chi connectivity index (χ3n) is 2.46. The number of hydrogen-bond donors (Lipinski definition) is 1. The highest BCUT2D eigenvalue weighted by Crippen LogP contribution is 2.31. The number of halogens is 3. The lowest BCUT2D eigenvalue weighted by atomic mass is 10.1. The van der Waals surface area contributed by atoms with Gasteiger partial charge in [-0.15, -0.1) is 10.2 Å². The maximum absolute atomic E-state index is 13.8. The Morgan fingerprint density at radius 1 is 1.20 bits per heavy atom. The molecule has 1 N–H and O–H groups in total. The molecule has 0 radical (unpaired) electrons. The van der Waals surface area contributed by atoms with Crippen molar-refractivity contribution in [1.29, 1.82) is 0 Å². The van der Waals surface area contributed by atoms with Gasteiger partial charge in [-0.25, -0.2) is 8.78 Å². The molecule has 2 aromatic rings. The summed E-state index contributed by atoms with van der Waals surface area (Å²) < 4.78 is 28.0. The van der Waals surface area contributed by atoms with Crippen molar-refractivity contribution in [1.82, 2.24) is 15.5 Å². The van der Waals surface area contributed by atoms with Crippen molar-refractivity contribution in [3.05, 3.63) is 33.2 Å². The Morgan fingerprint density at radius 2 is 1.80 bits per heavy atom. The molecule has 0 aliphatic heterocycles. The molecule has 0 unspecified atom stereocenters. The summed E-state index contributed by atoms with van der Waals surface area (Å²) in [4.78, 5) is 0. The lowest BCUT2D eigenvalue weighted by Gasteiger charge is -2.19. The molecule has 2 rings (SSSR count). The molecule has 108 valence electrons. The minimum Gasteiger partial charge on any atom is -0.306 e. The van der Waals surface area contributed by atoms with Crippen LogP contribution in [0.1, 0.15) is 25.8 Å². The second-order valence-corrected chi connectivity index (χ2v) is 7.33. The first-order chi connectivity index (χ1) is 9.26. The first-order valence-electron chi connectivity index (χ1n) is 5.98. The normalized spacial score (nSPS) is 11.9. The van der Waals surface area contributed by atoms with Crippen LogP contribution in [-0.4, -0.2) is 15.7 Å². The van der Waals surface area contributed by atoms with Gasteiger partial charge in [0.1, 0.15) is 16.6 Å². The second kappa shape index (κ2) is 5.83. The van der Waals surface area contributed by atoms with Crippen molar-refractivity contribution in [3.8, 4) is 10.6 Å². The summed E-state index contributed by atoms with van der Waals surface area (Å²) in [7, 11) is 0. The van der Waals surface area contributed by atoms with E-state index in [1.807, 2.05) is 20.8 Å². The van der Waals surface area contributed by atoms with Crippen LogP contribution in [0.15, 0.2) is 16.6 Å². The molecule has 1 aromatic heterocycles. The molecule has 3 nitrogen and oxygen atoms in total. The summed E-state index contributed by atoms with van der Waals surface area (Å²) in [6.07, 6.45) is 0. The van der Waals surface area contributed by atoms with Gasteiger partial charge < -0.3 is 5.32 Å². The Morgan fingerprint density at radius 3 is 2.35 bits per heavy atom. The molecule has 0 saturated carbocycles. The van der Waals surface area contributed by atoms with Crippen LogP contribution >= 0.6 is 27.3 Å². The summed E-state index contributed by atoms with van der Waals surface area (Å²) in [5.41, 5.74) is -0.187. The van der Waals surface area contributed by atoms with Crippen LogP contribution in [0.4, 0.5) is 8.78 Å². The van der Waals surface area contributed by atoms with Crippen molar-refractivity contribution in [2.24, 2.45) is 0 Å². The van der Waals surface area contributed by atoms with Crippen LogP contribution < -0.4 is 5.32 Å². The molecule has 0 atom stereocenters. The Kier molecular flexibility index (Phi) is 4.51. The number of nitrogens with one attached hydrogen (secondary N) is 1. The molecular weight excluding hydrogens is 348 g/mol. The molecule has 20 heavy (non-hydrogen) atoms. The van der Waals surface area contributed by atoms with Gasteiger partial charge in [-0.1, -0.05) is 27.3 Å². The smallest absolute Gasteiger partial charge is 0.153 e. The number of nitrogens with zero attached hydrogens (tertiary/aromatic N) is 2. The van der Waals surface area contributed by atoms with Gasteiger partial charge in [-0.05, 0) is 32.9 Å². The quantitative estimate of drug-likeness (QED) is 0.892. The summed E-state index contributed by atoms with van der Waals surface area (Å²) in [5, 5.41) is 12.0. The molecule has 1 heterocycles. The zero-order valence-electron chi connectivity index (χ0n) is 11.3. The lowest BCUT2D eigenvalue weighted by Crippen LogP contribution is -2.35. The molecule has 1 aromatic carbocycles. The summed E-state index contributed by atoms with van der Waals surface area (Å²) in [6, 6.07) is 2.43. The molecule has 0 saturated heterocycles. The fourth-order valence-corrected chi connectivity index (χ4v) is 2.74. The third kappa shape index (κ3) is 3.80. The monoisotopic (exact) mass is 361 g/mol. The van der Waals surface area contributed by atoms with E-state index in [1.165, 1.54) is 23.5 Å². The molecule has 0 spiro atoms. The molecule has 0 fully saturated rings. The van der Waals surface area contributed by atoms with Crippen molar-refractivity contribution in [2.45, 2.75) is 32.9 Å². The van der Waals surface area contributed by atoms with E-state index in [0.29, 0.717) is 16.0 Å². The fraction of sp³-hybridized carbons (Fsp3) is 0.385. The number of aromatic nitrogens is 2. The minimum absolute atomic E-state index is 0.0556. The molecular formula is C13H14BrF2N3S. The highest BCUT2D eigenvalue weighted by Gasteiger charge is 2.18. The number of rotatable bonds is 3. The average molecular weight is 362 g/mol. The van der Waals surface area contributed by atoms with E-state index < -0.39 is 11.6 Å².